The number of urea groups is 1. The minimum absolute atomic E-state index is 0.00611. The van der Waals surface area contributed by atoms with Crippen LogP contribution in [-0.4, -0.2) is 36.7 Å². The summed E-state index contributed by atoms with van der Waals surface area (Å²) in [4.78, 5) is 35.3. The van der Waals surface area contributed by atoms with Crippen molar-refractivity contribution in [2.45, 2.75) is 6.42 Å². The van der Waals surface area contributed by atoms with E-state index in [1.54, 1.807) is 0 Å². The van der Waals surface area contributed by atoms with Crippen LogP contribution in [0.1, 0.15) is 16.8 Å². The summed E-state index contributed by atoms with van der Waals surface area (Å²) in [7, 11) is 1.38. The summed E-state index contributed by atoms with van der Waals surface area (Å²) >= 11 is 5.84. The van der Waals surface area contributed by atoms with Crippen LogP contribution >= 0.6 is 11.6 Å². The molecule has 0 atom stereocenters. The van der Waals surface area contributed by atoms with Crippen LogP contribution < -0.4 is 15.0 Å². The van der Waals surface area contributed by atoms with Crippen LogP contribution in [-0.2, 0) is 4.79 Å². The third-order valence-electron chi connectivity index (χ3n) is 2.84. The van der Waals surface area contributed by atoms with Crippen molar-refractivity contribution >= 4 is 35.2 Å². The summed E-state index contributed by atoms with van der Waals surface area (Å²) in [6.07, 6.45) is 0.125. The van der Waals surface area contributed by atoms with Crippen molar-refractivity contribution in [3.05, 3.63) is 22.7 Å². The number of imide groups is 1. The first kappa shape index (κ1) is 14.1. The van der Waals surface area contributed by atoms with Gasteiger partial charge in [0.15, 0.2) is 0 Å². The van der Waals surface area contributed by atoms with E-state index in [0.29, 0.717) is 0 Å². The third-order valence-corrected chi connectivity index (χ3v) is 3.16. The zero-order chi connectivity index (χ0) is 14.9. The van der Waals surface area contributed by atoms with Crippen molar-refractivity contribution in [1.29, 1.82) is 0 Å². The molecule has 1 aromatic carbocycles. The SMILES string of the molecule is COc1cc(Cl)c(C(=O)O)cc1N1CCC(=O)NC1=O. The lowest BCUT2D eigenvalue weighted by Crippen LogP contribution is -2.49. The van der Waals surface area contributed by atoms with Gasteiger partial charge in [-0.15, -0.1) is 0 Å². The molecule has 7 nitrogen and oxygen atoms in total. The van der Waals surface area contributed by atoms with Gasteiger partial charge in [0.1, 0.15) is 5.75 Å². The third kappa shape index (κ3) is 2.53. The fourth-order valence-corrected chi connectivity index (χ4v) is 2.11. The minimum atomic E-state index is -1.22. The largest absolute Gasteiger partial charge is 0.495 e. The van der Waals surface area contributed by atoms with Gasteiger partial charge in [-0.3, -0.25) is 15.0 Å². The summed E-state index contributed by atoms with van der Waals surface area (Å²) in [6, 6.07) is 1.95. The van der Waals surface area contributed by atoms with Crippen LogP contribution in [0.2, 0.25) is 5.02 Å². The molecule has 8 heteroatoms. The molecule has 0 radical (unpaired) electrons. The maximum Gasteiger partial charge on any atom is 0.337 e. The summed E-state index contributed by atoms with van der Waals surface area (Å²) in [5, 5.41) is 11.2. The number of rotatable bonds is 3. The zero-order valence-electron chi connectivity index (χ0n) is 10.5. The molecule has 20 heavy (non-hydrogen) atoms. The Kier molecular flexibility index (Phi) is 3.80. The smallest absolute Gasteiger partial charge is 0.337 e. The first-order valence-corrected chi connectivity index (χ1v) is 6.04. The monoisotopic (exact) mass is 298 g/mol. The molecule has 0 aromatic heterocycles. The molecule has 0 bridgehead atoms. The Balaban J connectivity index is 2.49. The summed E-state index contributed by atoms with van der Waals surface area (Å²) in [6.45, 7) is 0.141. The second-order valence-electron chi connectivity index (χ2n) is 4.06. The fourth-order valence-electron chi connectivity index (χ4n) is 1.88. The number of ether oxygens (including phenoxy) is 1. The number of benzene rings is 1. The number of carboxylic acid groups (broad SMARTS) is 1. The molecule has 0 spiro atoms. The first-order valence-electron chi connectivity index (χ1n) is 5.66. The molecule has 1 heterocycles. The van der Waals surface area contributed by atoms with Gasteiger partial charge in [0.25, 0.3) is 0 Å². The average Bonchev–Trinajstić information content (AvgIpc) is 2.38. The van der Waals surface area contributed by atoms with Gasteiger partial charge < -0.3 is 9.84 Å². The number of hydrogen-bond acceptors (Lipinski definition) is 4. The second-order valence-corrected chi connectivity index (χ2v) is 4.47. The van der Waals surface area contributed by atoms with Gasteiger partial charge in [0, 0.05) is 19.0 Å². The molecule has 3 amide bonds. The fraction of sp³-hybridized carbons (Fsp3) is 0.250. The van der Waals surface area contributed by atoms with E-state index in [-0.39, 0.29) is 40.9 Å². The van der Waals surface area contributed by atoms with Crippen LogP contribution in [0.3, 0.4) is 0 Å². The van der Waals surface area contributed by atoms with E-state index in [2.05, 4.69) is 5.32 Å². The molecule has 1 aliphatic rings. The molecular weight excluding hydrogens is 288 g/mol. The number of aromatic carboxylic acids is 1. The number of carbonyl (C=O) groups is 3. The van der Waals surface area contributed by atoms with E-state index in [9.17, 15) is 14.4 Å². The highest BCUT2D eigenvalue weighted by molar-refractivity contribution is 6.34. The molecule has 1 fully saturated rings. The number of carboxylic acids is 1. The standard InChI is InChI=1S/C12H11ClN2O5/c1-20-9-5-7(13)6(11(17)18)4-8(9)15-3-2-10(16)14-12(15)19/h4-5H,2-3H2,1H3,(H,17,18)(H,14,16,19). The Hall–Kier alpha value is -2.28. The molecule has 2 N–H and O–H groups in total. The summed E-state index contributed by atoms with van der Waals surface area (Å²) in [5.74, 6) is -1.34. The molecule has 0 unspecified atom stereocenters. The Bertz CT molecular complexity index is 602. The number of methoxy groups -OCH3 is 1. The van der Waals surface area contributed by atoms with Gasteiger partial charge in [-0.05, 0) is 6.07 Å². The second kappa shape index (κ2) is 5.38. The molecule has 1 aromatic rings. The molecule has 106 valence electrons. The Morgan fingerprint density at radius 2 is 2.15 bits per heavy atom. The minimum Gasteiger partial charge on any atom is -0.495 e. The lowest BCUT2D eigenvalue weighted by molar-refractivity contribution is -0.120. The van der Waals surface area contributed by atoms with Crippen molar-refractivity contribution in [3.8, 4) is 5.75 Å². The number of carbonyl (C=O) groups excluding carboxylic acids is 2. The molecule has 1 aliphatic heterocycles. The number of halogens is 1. The summed E-state index contributed by atoms with van der Waals surface area (Å²) < 4.78 is 5.11. The Labute approximate surface area is 119 Å². The predicted octanol–water partition coefficient (Wildman–Crippen LogP) is 1.49. The quantitative estimate of drug-likeness (QED) is 0.881. The van der Waals surface area contributed by atoms with E-state index >= 15 is 0 Å². The number of hydrogen-bond donors (Lipinski definition) is 2. The lowest BCUT2D eigenvalue weighted by Gasteiger charge is -2.28. The highest BCUT2D eigenvalue weighted by atomic mass is 35.5. The maximum atomic E-state index is 11.8. The number of nitrogens with zero attached hydrogens (tertiary/aromatic N) is 1. The first-order chi connectivity index (χ1) is 9.43. The molecule has 0 aliphatic carbocycles. The van der Waals surface area contributed by atoms with E-state index in [1.165, 1.54) is 24.1 Å². The summed E-state index contributed by atoms with van der Waals surface area (Å²) in [5.41, 5.74) is 0.103. The van der Waals surface area contributed by atoms with Gasteiger partial charge in [-0.2, -0.15) is 0 Å². The maximum absolute atomic E-state index is 11.8. The van der Waals surface area contributed by atoms with Crippen LogP contribution in [0.25, 0.3) is 0 Å². The lowest BCUT2D eigenvalue weighted by atomic mass is 10.1. The van der Waals surface area contributed by atoms with Gasteiger partial charge >= 0.3 is 12.0 Å². The van der Waals surface area contributed by atoms with Crippen molar-refractivity contribution in [1.82, 2.24) is 5.32 Å². The van der Waals surface area contributed by atoms with E-state index in [1.807, 2.05) is 0 Å². The Morgan fingerprint density at radius 1 is 1.45 bits per heavy atom. The van der Waals surface area contributed by atoms with Crippen LogP contribution in [0.15, 0.2) is 12.1 Å². The normalized spacial score (nSPS) is 15.0. The zero-order valence-corrected chi connectivity index (χ0v) is 11.2. The topological polar surface area (TPSA) is 95.9 Å². The van der Waals surface area contributed by atoms with Crippen molar-refractivity contribution in [3.63, 3.8) is 0 Å². The highest BCUT2D eigenvalue weighted by Gasteiger charge is 2.28. The van der Waals surface area contributed by atoms with Crippen molar-refractivity contribution in [2.24, 2.45) is 0 Å². The van der Waals surface area contributed by atoms with Gasteiger partial charge in [-0.25, -0.2) is 9.59 Å². The number of nitrogens with one attached hydrogen (secondary N) is 1. The average molecular weight is 299 g/mol. The van der Waals surface area contributed by atoms with Gasteiger partial charge in [-0.1, -0.05) is 11.6 Å². The Morgan fingerprint density at radius 3 is 2.70 bits per heavy atom. The van der Waals surface area contributed by atoms with Crippen LogP contribution in [0.4, 0.5) is 10.5 Å². The molecule has 1 saturated heterocycles. The van der Waals surface area contributed by atoms with Crippen LogP contribution in [0.5, 0.6) is 5.75 Å². The van der Waals surface area contributed by atoms with Gasteiger partial charge in [0.2, 0.25) is 5.91 Å². The highest BCUT2D eigenvalue weighted by Crippen LogP contribution is 2.34. The van der Waals surface area contributed by atoms with Gasteiger partial charge in [0.05, 0.1) is 23.4 Å². The van der Waals surface area contributed by atoms with Crippen molar-refractivity contribution in [2.75, 3.05) is 18.6 Å². The molecule has 2 rings (SSSR count). The predicted molar refractivity (Wildman–Crippen MR) is 70.5 cm³/mol. The van der Waals surface area contributed by atoms with E-state index < -0.39 is 12.0 Å². The molecular formula is C12H11ClN2O5. The number of anilines is 1. The van der Waals surface area contributed by atoms with Crippen LogP contribution in [0, 0.1) is 0 Å². The number of amides is 3. The molecule has 0 saturated carbocycles. The van der Waals surface area contributed by atoms with E-state index in [0.717, 1.165) is 0 Å². The van der Waals surface area contributed by atoms with E-state index in [4.69, 9.17) is 21.4 Å². The van der Waals surface area contributed by atoms with Crippen molar-refractivity contribution < 1.29 is 24.2 Å².